The summed E-state index contributed by atoms with van der Waals surface area (Å²) in [5, 5.41) is 10.7. The van der Waals surface area contributed by atoms with Crippen molar-refractivity contribution >= 4 is 20.7 Å². The third-order valence-corrected chi connectivity index (χ3v) is 8.83. The van der Waals surface area contributed by atoms with Crippen LogP contribution in [0, 0.1) is 0 Å². The molecule has 2 atom stereocenters. The van der Waals surface area contributed by atoms with E-state index in [9.17, 15) is 13.5 Å². The normalized spacial score (nSPS) is 13.3. The van der Waals surface area contributed by atoms with Crippen molar-refractivity contribution in [1.82, 2.24) is 4.98 Å². The molecule has 1 heterocycles. The Balaban J connectivity index is 1.56. The highest BCUT2D eigenvalue weighted by molar-refractivity contribution is 7.91. The minimum absolute atomic E-state index is 0.0316. The fourth-order valence-electron chi connectivity index (χ4n) is 4.97. The molecule has 0 aliphatic carbocycles. The highest BCUT2D eigenvalue weighted by Gasteiger charge is 2.18. The predicted molar refractivity (Wildman–Crippen MR) is 156 cm³/mol. The molecule has 4 aromatic carbocycles. The van der Waals surface area contributed by atoms with Gasteiger partial charge in [0.25, 0.3) is 0 Å². The standard InChI is InChI=1S/C33H31NO3S/c1-23(38(2,36)37)17-24-18-30-15-8-16-34-33(30)31(19-24)28-13-6-11-26(20-28)27-12-7-14-29(21-27)32(22-35)25-9-4-3-5-10-25/h3-16,18-21,23,32,35H,17,22H2,1-2H3. The molecule has 0 amide bonds. The maximum Gasteiger partial charge on any atom is 0.150 e. The number of sulfone groups is 1. The number of pyridine rings is 1. The third-order valence-electron chi connectivity index (χ3n) is 7.20. The van der Waals surface area contributed by atoms with Crippen LogP contribution in [0.1, 0.15) is 29.5 Å². The first-order chi connectivity index (χ1) is 18.3. The van der Waals surface area contributed by atoms with Gasteiger partial charge in [-0.05, 0) is 71.0 Å². The smallest absolute Gasteiger partial charge is 0.150 e. The molecule has 38 heavy (non-hydrogen) atoms. The van der Waals surface area contributed by atoms with Crippen LogP contribution in [0.15, 0.2) is 109 Å². The maximum atomic E-state index is 12.1. The van der Waals surface area contributed by atoms with Gasteiger partial charge in [-0.1, -0.05) is 78.9 Å². The molecule has 0 spiro atoms. The first kappa shape index (κ1) is 25.8. The molecule has 1 aromatic heterocycles. The van der Waals surface area contributed by atoms with Crippen LogP contribution in [-0.4, -0.2) is 36.6 Å². The molecule has 0 aliphatic rings. The topological polar surface area (TPSA) is 67.3 Å². The van der Waals surface area contributed by atoms with Crippen LogP contribution in [0.25, 0.3) is 33.2 Å². The van der Waals surface area contributed by atoms with Crippen molar-refractivity contribution in [2.45, 2.75) is 24.5 Å². The van der Waals surface area contributed by atoms with Gasteiger partial charge in [0.05, 0.1) is 17.4 Å². The molecule has 0 saturated carbocycles. The first-order valence-electron chi connectivity index (χ1n) is 12.8. The number of nitrogens with zero attached hydrogens (tertiary/aromatic N) is 1. The largest absolute Gasteiger partial charge is 0.395 e. The average Bonchev–Trinajstić information content (AvgIpc) is 2.93. The number of aromatic nitrogens is 1. The summed E-state index contributed by atoms with van der Waals surface area (Å²) in [4.78, 5) is 4.66. The number of aliphatic hydroxyl groups excluding tert-OH is 1. The van der Waals surface area contributed by atoms with Gasteiger partial charge in [0.2, 0.25) is 0 Å². The summed E-state index contributed by atoms with van der Waals surface area (Å²) in [6, 6.07) is 34.8. The van der Waals surface area contributed by atoms with Gasteiger partial charge in [0.15, 0.2) is 0 Å². The van der Waals surface area contributed by atoms with Gasteiger partial charge in [-0.2, -0.15) is 0 Å². The van der Waals surface area contributed by atoms with Crippen molar-refractivity contribution in [3.05, 3.63) is 126 Å². The Morgan fingerprint density at radius 3 is 2.18 bits per heavy atom. The van der Waals surface area contributed by atoms with Crippen molar-refractivity contribution in [3.8, 4) is 22.3 Å². The summed E-state index contributed by atoms with van der Waals surface area (Å²) in [7, 11) is -3.14. The highest BCUT2D eigenvalue weighted by Crippen LogP contribution is 2.34. The van der Waals surface area contributed by atoms with Crippen LogP contribution in [0.2, 0.25) is 0 Å². The zero-order valence-corrected chi connectivity index (χ0v) is 22.4. The number of aliphatic hydroxyl groups is 1. The lowest BCUT2D eigenvalue weighted by Crippen LogP contribution is -2.18. The zero-order valence-electron chi connectivity index (χ0n) is 21.6. The molecule has 0 fully saturated rings. The Bertz CT molecular complexity index is 1680. The Labute approximate surface area is 224 Å². The SMILES string of the molecule is CC(Cc1cc(-c2cccc(-c3cccc(C(CO)c4ccccc4)c3)c2)c2ncccc2c1)S(C)(=O)=O. The van der Waals surface area contributed by atoms with E-state index in [1.165, 1.54) is 6.26 Å². The molecular weight excluding hydrogens is 490 g/mol. The van der Waals surface area contributed by atoms with E-state index >= 15 is 0 Å². The Hall–Kier alpha value is -3.80. The number of fused-ring (bicyclic) bond motifs is 1. The quantitative estimate of drug-likeness (QED) is 0.248. The minimum atomic E-state index is -3.14. The van der Waals surface area contributed by atoms with Crippen LogP contribution in [0.5, 0.6) is 0 Å². The lowest BCUT2D eigenvalue weighted by Gasteiger charge is -2.17. The monoisotopic (exact) mass is 521 g/mol. The molecule has 192 valence electrons. The molecule has 0 radical (unpaired) electrons. The molecule has 5 aromatic rings. The van der Waals surface area contributed by atoms with Gasteiger partial charge in [-0.3, -0.25) is 4.98 Å². The minimum Gasteiger partial charge on any atom is -0.395 e. The first-order valence-corrected chi connectivity index (χ1v) is 14.7. The van der Waals surface area contributed by atoms with Gasteiger partial charge in [-0.15, -0.1) is 0 Å². The summed E-state index contributed by atoms with van der Waals surface area (Å²) < 4.78 is 24.2. The molecular formula is C33H31NO3S. The van der Waals surface area contributed by atoms with Gasteiger partial charge < -0.3 is 5.11 Å². The third kappa shape index (κ3) is 5.54. The molecule has 5 heteroatoms. The van der Waals surface area contributed by atoms with Gasteiger partial charge in [0.1, 0.15) is 9.84 Å². The van der Waals surface area contributed by atoms with E-state index in [4.69, 9.17) is 0 Å². The van der Waals surface area contributed by atoms with Crippen molar-refractivity contribution in [2.75, 3.05) is 12.9 Å². The van der Waals surface area contributed by atoms with Gasteiger partial charge >= 0.3 is 0 Å². The van der Waals surface area contributed by atoms with Gasteiger partial charge in [0, 0.05) is 29.3 Å². The predicted octanol–water partition coefficient (Wildman–Crippen LogP) is 6.67. The molecule has 0 saturated heterocycles. The number of rotatable bonds is 8. The maximum absolute atomic E-state index is 12.1. The molecule has 2 unspecified atom stereocenters. The number of hydrogen-bond acceptors (Lipinski definition) is 4. The lowest BCUT2D eigenvalue weighted by molar-refractivity contribution is 0.280. The second-order valence-electron chi connectivity index (χ2n) is 9.91. The van der Waals surface area contributed by atoms with Crippen LogP contribution in [0.4, 0.5) is 0 Å². The van der Waals surface area contributed by atoms with E-state index in [1.54, 1.807) is 13.1 Å². The second kappa shape index (κ2) is 10.9. The van der Waals surface area contributed by atoms with E-state index in [0.717, 1.165) is 49.8 Å². The Kier molecular flexibility index (Phi) is 7.41. The summed E-state index contributed by atoms with van der Waals surface area (Å²) in [6.07, 6.45) is 3.52. The van der Waals surface area contributed by atoms with Crippen LogP contribution in [-0.2, 0) is 16.3 Å². The summed E-state index contributed by atoms with van der Waals surface area (Å²) in [6.45, 7) is 1.79. The van der Waals surface area contributed by atoms with E-state index in [2.05, 4.69) is 47.4 Å². The van der Waals surface area contributed by atoms with Crippen molar-refractivity contribution in [1.29, 1.82) is 0 Å². The Morgan fingerprint density at radius 1 is 0.763 bits per heavy atom. The Morgan fingerprint density at radius 2 is 1.45 bits per heavy atom. The highest BCUT2D eigenvalue weighted by atomic mass is 32.2. The van der Waals surface area contributed by atoms with Crippen molar-refractivity contribution < 1.29 is 13.5 Å². The molecule has 4 nitrogen and oxygen atoms in total. The van der Waals surface area contributed by atoms with Crippen LogP contribution in [0.3, 0.4) is 0 Å². The molecule has 0 aliphatic heterocycles. The summed E-state index contributed by atoms with van der Waals surface area (Å²) >= 11 is 0. The lowest BCUT2D eigenvalue weighted by atomic mass is 9.89. The average molecular weight is 522 g/mol. The molecule has 5 rings (SSSR count). The second-order valence-corrected chi connectivity index (χ2v) is 12.4. The summed E-state index contributed by atoms with van der Waals surface area (Å²) in [5.74, 6) is -0.0963. The molecule has 1 N–H and O–H groups in total. The number of hydrogen-bond donors (Lipinski definition) is 1. The van der Waals surface area contributed by atoms with Crippen LogP contribution >= 0.6 is 0 Å². The van der Waals surface area contributed by atoms with Crippen LogP contribution < -0.4 is 0 Å². The fourth-order valence-corrected chi connectivity index (χ4v) is 5.46. The van der Waals surface area contributed by atoms with Gasteiger partial charge in [-0.25, -0.2) is 8.42 Å². The van der Waals surface area contributed by atoms with E-state index in [0.29, 0.717) is 6.42 Å². The summed E-state index contributed by atoms with van der Waals surface area (Å²) in [5.41, 5.74) is 8.13. The van der Waals surface area contributed by atoms with Crippen molar-refractivity contribution in [3.63, 3.8) is 0 Å². The van der Waals surface area contributed by atoms with E-state index in [-0.39, 0.29) is 12.5 Å². The zero-order chi connectivity index (χ0) is 26.7. The van der Waals surface area contributed by atoms with E-state index < -0.39 is 15.1 Å². The van der Waals surface area contributed by atoms with Crippen molar-refractivity contribution in [2.24, 2.45) is 0 Å². The number of benzene rings is 4. The van der Waals surface area contributed by atoms with E-state index in [1.807, 2.05) is 60.7 Å². The fraction of sp³-hybridized carbons (Fsp3) is 0.182. The molecule has 0 bridgehead atoms.